The van der Waals surface area contributed by atoms with Gasteiger partial charge in [0.1, 0.15) is 17.5 Å². The van der Waals surface area contributed by atoms with Crippen molar-refractivity contribution >= 4 is 34.5 Å². The van der Waals surface area contributed by atoms with Gasteiger partial charge in [-0.25, -0.2) is 18.6 Å². The number of likely N-dealkylation sites (tertiary alicyclic amines) is 1. The number of hydrogen-bond donors (Lipinski definition) is 1. The maximum atomic E-state index is 14.4. The van der Waals surface area contributed by atoms with E-state index in [0.29, 0.717) is 42.6 Å². The number of anilines is 2. The largest absolute Gasteiger partial charge is 0.377 e. The van der Waals surface area contributed by atoms with Gasteiger partial charge in [-0.2, -0.15) is 4.37 Å². The van der Waals surface area contributed by atoms with Gasteiger partial charge in [0.25, 0.3) is 0 Å². The van der Waals surface area contributed by atoms with Crippen LogP contribution < -0.4 is 10.2 Å². The molecule has 1 aromatic heterocycles. The van der Waals surface area contributed by atoms with E-state index in [1.165, 1.54) is 12.1 Å². The van der Waals surface area contributed by atoms with Crippen molar-refractivity contribution in [3.63, 3.8) is 0 Å². The molecule has 1 fully saturated rings. The van der Waals surface area contributed by atoms with Crippen LogP contribution in [0.1, 0.15) is 30.7 Å². The van der Waals surface area contributed by atoms with E-state index in [0.717, 1.165) is 23.5 Å². The summed E-state index contributed by atoms with van der Waals surface area (Å²) in [5.41, 5.74) is 1.38. The molecule has 150 valence electrons. The van der Waals surface area contributed by atoms with Crippen LogP contribution in [0.5, 0.6) is 0 Å². The molecule has 2 aromatic rings. The van der Waals surface area contributed by atoms with E-state index in [2.05, 4.69) is 14.7 Å². The number of nitrogens with one attached hydrogen (secondary N) is 1. The SMILES string of the molecule is Cc1nsc(NC(=O)N2CCCC(=Cc3c(F)cc(N(C)C)cc3F)CC2)n1. The highest BCUT2D eigenvalue weighted by Gasteiger charge is 2.19. The van der Waals surface area contributed by atoms with E-state index in [-0.39, 0.29) is 11.6 Å². The van der Waals surface area contributed by atoms with Crippen molar-refractivity contribution in [1.29, 1.82) is 0 Å². The predicted molar refractivity (Wildman–Crippen MR) is 108 cm³/mol. The van der Waals surface area contributed by atoms with E-state index in [1.54, 1.807) is 36.9 Å². The highest BCUT2D eigenvalue weighted by Crippen LogP contribution is 2.26. The van der Waals surface area contributed by atoms with E-state index in [9.17, 15) is 13.6 Å². The zero-order chi connectivity index (χ0) is 20.3. The minimum atomic E-state index is -0.582. The van der Waals surface area contributed by atoms with E-state index in [1.807, 2.05) is 0 Å². The van der Waals surface area contributed by atoms with Crippen LogP contribution in [0, 0.1) is 18.6 Å². The molecule has 2 heterocycles. The Labute approximate surface area is 167 Å². The van der Waals surface area contributed by atoms with Crippen LogP contribution in [-0.2, 0) is 0 Å². The molecule has 1 saturated heterocycles. The summed E-state index contributed by atoms with van der Waals surface area (Å²) in [5, 5.41) is 3.21. The number of urea groups is 1. The van der Waals surface area contributed by atoms with Crippen LogP contribution in [0.25, 0.3) is 6.08 Å². The summed E-state index contributed by atoms with van der Waals surface area (Å²) in [6.07, 6.45) is 3.57. The topological polar surface area (TPSA) is 61.4 Å². The third-order valence-corrected chi connectivity index (χ3v) is 5.31. The minimum absolute atomic E-state index is 0.0252. The van der Waals surface area contributed by atoms with Crippen molar-refractivity contribution < 1.29 is 13.6 Å². The average Bonchev–Trinajstić information content (AvgIpc) is 2.90. The van der Waals surface area contributed by atoms with Crippen LogP contribution in [0.2, 0.25) is 0 Å². The van der Waals surface area contributed by atoms with Crippen LogP contribution in [0.15, 0.2) is 17.7 Å². The summed E-state index contributed by atoms with van der Waals surface area (Å²) < 4.78 is 32.8. The minimum Gasteiger partial charge on any atom is -0.377 e. The summed E-state index contributed by atoms with van der Waals surface area (Å²) in [6, 6.07) is 2.43. The molecule has 3 rings (SSSR count). The molecule has 9 heteroatoms. The Morgan fingerprint density at radius 3 is 2.57 bits per heavy atom. The fraction of sp³-hybridized carbons (Fsp3) is 0.421. The molecule has 1 aromatic carbocycles. The molecule has 28 heavy (non-hydrogen) atoms. The smallest absolute Gasteiger partial charge is 0.323 e. The van der Waals surface area contributed by atoms with Gasteiger partial charge in [0.2, 0.25) is 5.13 Å². The number of carbonyl (C=O) groups excluding carboxylic acids is 1. The lowest BCUT2D eigenvalue weighted by Crippen LogP contribution is -2.35. The second kappa shape index (κ2) is 8.64. The van der Waals surface area contributed by atoms with Gasteiger partial charge in [-0.3, -0.25) is 5.32 Å². The second-order valence-corrected chi connectivity index (χ2v) is 7.69. The summed E-state index contributed by atoms with van der Waals surface area (Å²) >= 11 is 1.14. The van der Waals surface area contributed by atoms with Crippen LogP contribution in [0.3, 0.4) is 0 Å². The molecular weight excluding hydrogens is 384 g/mol. The van der Waals surface area contributed by atoms with Crippen molar-refractivity contribution in [3.05, 3.63) is 40.7 Å². The first-order valence-corrected chi connectivity index (χ1v) is 9.83. The van der Waals surface area contributed by atoms with E-state index >= 15 is 0 Å². The molecule has 1 aliphatic heterocycles. The van der Waals surface area contributed by atoms with Crippen LogP contribution in [-0.4, -0.2) is 47.5 Å². The fourth-order valence-electron chi connectivity index (χ4n) is 3.05. The van der Waals surface area contributed by atoms with Gasteiger partial charge in [0, 0.05) is 50.0 Å². The number of aromatic nitrogens is 2. The lowest BCUT2D eigenvalue weighted by Gasteiger charge is -2.19. The number of nitrogens with zero attached hydrogens (tertiary/aromatic N) is 4. The van der Waals surface area contributed by atoms with Gasteiger partial charge < -0.3 is 9.80 Å². The summed E-state index contributed by atoms with van der Waals surface area (Å²) in [7, 11) is 3.47. The Morgan fingerprint density at radius 1 is 1.25 bits per heavy atom. The molecule has 0 spiro atoms. The number of hydrogen-bond acceptors (Lipinski definition) is 5. The van der Waals surface area contributed by atoms with Crippen molar-refractivity contribution in [2.75, 3.05) is 37.4 Å². The maximum Gasteiger partial charge on any atom is 0.323 e. The Bertz CT molecular complexity index is 873. The third kappa shape index (κ3) is 4.83. The Kier molecular flexibility index (Phi) is 6.23. The highest BCUT2D eigenvalue weighted by atomic mass is 32.1. The number of aryl methyl sites for hydroxylation is 1. The first-order valence-electron chi connectivity index (χ1n) is 9.05. The highest BCUT2D eigenvalue weighted by molar-refractivity contribution is 7.09. The molecule has 0 radical (unpaired) electrons. The Balaban J connectivity index is 1.69. The summed E-state index contributed by atoms with van der Waals surface area (Å²) in [6.45, 7) is 2.82. The van der Waals surface area contributed by atoms with Crippen LogP contribution in [0.4, 0.5) is 24.4 Å². The molecule has 6 nitrogen and oxygen atoms in total. The monoisotopic (exact) mass is 407 g/mol. The number of benzene rings is 1. The standard InChI is InChI=1S/C19H23F2N5OS/c1-12-22-18(28-24-12)23-19(27)26-7-4-5-13(6-8-26)9-15-16(20)10-14(25(2)3)11-17(15)21/h9-11H,4-8H2,1-3H3,(H,22,23,24,27). The molecule has 0 atom stereocenters. The van der Waals surface area contributed by atoms with Gasteiger partial charge in [0.05, 0.1) is 0 Å². The van der Waals surface area contributed by atoms with E-state index < -0.39 is 11.6 Å². The van der Waals surface area contributed by atoms with Gasteiger partial charge in [-0.1, -0.05) is 5.57 Å². The van der Waals surface area contributed by atoms with Crippen molar-refractivity contribution in [1.82, 2.24) is 14.3 Å². The molecule has 0 saturated carbocycles. The summed E-state index contributed by atoms with van der Waals surface area (Å²) in [5.74, 6) is -0.547. The molecule has 2 amide bonds. The molecule has 0 aliphatic carbocycles. The lowest BCUT2D eigenvalue weighted by molar-refractivity contribution is 0.214. The third-order valence-electron chi connectivity index (χ3n) is 4.59. The lowest BCUT2D eigenvalue weighted by atomic mass is 10.0. The zero-order valence-corrected chi connectivity index (χ0v) is 16.9. The quantitative estimate of drug-likeness (QED) is 0.824. The van der Waals surface area contributed by atoms with Gasteiger partial charge >= 0.3 is 6.03 Å². The Morgan fingerprint density at radius 2 is 1.96 bits per heavy atom. The first kappa shape index (κ1) is 20.2. The van der Waals surface area contributed by atoms with Gasteiger partial charge in [-0.05, 0) is 44.4 Å². The van der Waals surface area contributed by atoms with Gasteiger partial charge in [-0.15, -0.1) is 0 Å². The van der Waals surface area contributed by atoms with Crippen molar-refractivity contribution in [2.45, 2.75) is 26.2 Å². The molecular formula is C19H23F2N5OS. The first-order chi connectivity index (χ1) is 13.3. The predicted octanol–water partition coefficient (Wildman–Crippen LogP) is 4.29. The second-order valence-electron chi connectivity index (χ2n) is 6.94. The van der Waals surface area contributed by atoms with E-state index in [4.69, 9.17) is 0 Å². The number of carbonyl (C=O) groups is 1. The summed E-state index contributed by atoms with van der Waals surface area (Å²) in [4.78, 5) is 19.9. The van der Waals surface area contributed by atoms with Crippen LogP contribution >= 0.6 is 11.5 Å². The van der Waals surface area contributed by atoms with Gasteiger partial charge in [0.15, 0.2) is 0 Å². The number of halogens is 2. The maximum absolute atomic E-state index is 14.4. The molecule has 0 bridgehead atoms. The zero-order valence-electron chi connectivity index (χ0n) is 16.1. The number of amides is 2. The average molecular weight is 407 g/mol. The van der Waals surface area contributed by atoms with Crippen molar-refractivity contribution in [3.8, 4) is 0 Å². The molecule has 1 N–H and O–H groups in total. The normalized spacial score (nSPS) is 16.2. The number of rotatable bonds is 3. The fourth-order valence-corrected chi connectivity index (χ4v) is 3.61. The van der Waals surface area contributed by atoms with Crippen molar-refractivity contribution in [2.24, 2.45) is 0 Å². The Hall–Kier alpha value is -2.55. The molecule has 0 unspecified atom stereocenters. The molecule has 1 aliphatic rings.